The van der Waals surface area contributed by atoms with Crippen molar-refractivity contribution in [3.8, 4) is 22.9 Å². The number of ether oxygens (including phenoxy) is 2. The number of fused-ring (bicyclic) bond motifs is 2. The molecule has 176 valence electrons. The molecule has 1 N–H and O–H groups in total. The fourth-order valence-corrected chi connectivity index (χ4v) is 4.64. The number of nitrogens with zero attached hydrogens (tertiary/aromatic N) is 6. The molecule has 0 radical (unpaired) electrons. The van der Waals surface area contributed by atoms with Crippen LogP contribution in [-0.4, -0.2) is 52.3 Å². The first-order chi connectivity index (χ1) is 17.2. The van der Waals surface area contributed by atoms with Gasteiger partial charge in [0.2, 0.25) is 5.95 Å². The highest BCUT2D eigenvalue weighted by Gasteiger charge is 2.21. The first-order valence-electron chi connectivity index (χ1n) is 11.4. The molecule has 0 amide bonds. The Hall–Kier alpha value is -4.23. The van der Waals surface area contributed by atoms with Gasteiger partial charge in [-0.2, -0.15) is 5.26 Å². The first kappa shape index (κ1) is 21.3. The lowest BCUT2D eigenvalue weighted by Crippen LogP contribution is -2.36. The van der Waals surface area contributed by atoms with E-state index >= 15 is 0 Å². The Balaban J connectivity index is 1.33. The lowest BCUT2D eigenvalue weighted by Gasteiger charge is -2.27. The summed E-state index contributed by atoms with van der Waals surface area (Å²) in [4.78, 5) is 15.6. The number of imidazole rings is 1. The van der Waals surface area contributed by atoms with Gasteiger partial charge in [0.05, 0.1) is 25.3 Å². The standard InChI is InChI=1S/C25H22FN7O2/c26-20-2-3-22-17(5-8-35-22)19(20)14-30-25-29-13-18(24-21(11-27)31-15-33(24)25)16-1-4-23(28-12-16)32-6-9-34-10-7-32/h1-4,12-13,15H,5-10,14H2,(H,29,30). The number of hydrogen-bond acceptors (Lipinski definition) is 8. The van der Waals surface area contributed by atoms with Crippen molar-refractivity contribution in [1.29, 1.82) is 5.26 Å². The third-order valence-electron chi connectivity index (χ3n) is 6.43. The summed E-state index contributed by atoms with van der Waals surface area (Å²) >= 11 is 0. The zero-order valence-corrected chi connectivity index (χ0v) is 18.9. The lowest BCUT2D eigenvalue weighted by atomic mass is 10.0. The maximum atomic E-state index is 14.6. The highest BCUT2D eigenvalue weighted by molar-refractivity contribution is 5.84. The van der Waals surface area contributed by atoms with Crippen LogP contribution in [0.2, 0.25) is 0 Å². The van der Waals surface area contributed by atoms with Gasteiger partial charge in [-0.3, -0.25) is 4.40 Å². The molecule has 0 spiro atoms. The van der Waals surface area contributed by atoms with Crippen molar-refractivity contribution in [2.75, 3.05) is 43.1 Å². The Morgan fingerprint density at radius 3 is 2.74 bits per heavy atom. The smallest absolute Gasteiger partial charge is 0.209 e. The number of rotatable bonds is 5. The number of hydrogen-bond donors (Lipinski definition) is 1. The number of pyridine rings is 1. The molecule has 1 saturated heterocycles. The minimum atomic E-state index is -0.288. The number of aromatic nitrogens is 4. The van der Waals surface area contributed by atoms with Crippen LogP contribution in [0.5, 0.6) is 5.75 Å². The third-order valence-corrected chi connectivity index (χ3v) is 6.43. The average molecular weight is 471 g/mol. The lowest BCUT2D eigenvalue weighted by molar-refractivity contribution is 0.122. The van der Waals surface area contributed by atoms with Crippen LogP contribution >= 0.6 is 0 Å². The third kappa shape index (κ3) is 3.80. The second-order valence-electron chi connectivity index (χ2n) is 8.38. The quantitative estimate of drug-likeness (QED) is 0.474. The zero-order valence-electron chi connectivity index (χ0n) is 18.9. The summed E-state index contributed by atoms with van der Waals surface area (Å²) in [6.45, 7) is 3.76. The molecular formula is C25H22FN7O2. The van der Waals surface area contributed by atoms with Crippen LogP contribution in [0.4, 0.5) is 16.2 Å². The van der Waals surface area contributed by atoms with Gasteiger partial charge in [-0.05, 0) is 24.3 Å². The van der Waals surface area contributed by atoms with Gasteiger partial charge in [0, 0.05) is 60.7 Å². The Labute approximate surface area is 200 Å². The highest BCUT2D eigenvalue weighted by atomic mass is 19.1. The second kappa shape index (κ2) is 8.85. The van der Waals surface area contributed by atoms with E-state index in [9.17, 15) is 9.65 Å². The van der Waals surface area contributed by atoms with Crippen molar-refractivity contribution in [2.45, 2.75) is 13.0 Å². The van der Waals surface area contributed by atoms with Gasteiger partial charge in [0.25, 0.3) is 0 Å². The van der Waals surface area contributed by atoms with Crippen LogP contribution < -0.4 is 15.0 Å². The summed E-state index contributed by atoms with van der Waals surface area (Å²) in [6.07, 6.45) is 5.70. The van der Waals surface area contributed by atoms with E-state index in [1.807, 2.05) is 12.1 Å². The molecule has 2 aliphatic heterocycles. The van der Waals surface area contributed by atoms with Gasteiger partial charge in [-0.1, -0.05) is 0 Å². The van der Waals surface area contributed by atoms with Crippen molar-refractivity contribution in [1.82, 2.24) is 19.4 Å². The maximum absolute atomic E-state index is 14.6. The molecule has 0 saturated carbocycles. The average Bonchev–Trinajstić information content (AvgIpc) is 3.56. The summed E-state index contributed by atoms with van der Waals surface area (Å²) in [5.74, 6) is 1.78. The fraction of sp³-hybridized carbons (Fsp3) is 0.280. The maximum Gasteiger partial charge on any atom is 0.209 e. The summed E-state index contributed by atoms with van der Waals surface area (Å²) in [7, 11) is 0. The summed E-state index contributed by atoms with van der Waals surface area (Å²) in [5, 5.41) is 12.9. The van der Waals surface area contributed by atoms with Crippen LogP contribution in [-0.2, 0) is 17.7 Å². The van der Waals surface area contributed by atoms with Crippen LogP contribution in [0.15, 0.2) is 43.0 Å². The fourth-order valence-electron chi connectivity index (χ4n) is 4.64. The Bertz CT molecular complexity index is 1440. The monoisotopic (exact) mass is 471 g/mol. The van der Waals surface area contributed by atoms with E-state index in [4.69, 9.17) is 9.47 Å². The molecule has 0 bridgehead atoms. The molecule has 35 heavy (non-hydrogen) atoms. The molecule has 3 aromatic heterocycles. The Kier molecular flexibility index (Phi) is 5.39. The predicted molar refractivity (Wildman–Crippen MR) is 127 cm³/mol. The van der Waals surface area contributed by atoms with Gasteiger partial charge < -0.3 is 19.7 Å². The summed E-state index contributed by atoms with van der Waals surface area (Å²) in [5.41, 5.74) is 3.90. The van der Waals surface area contributed by atoms with Crippen LogP contribution in [0.3, 0.4) is 0 Å². The summed E-state index contributed by atoms with van der Waals surface area (Å²) < 4.78 is 27.3. The van der Waals surface area contributed by atoms with E-state index in [0.29, 0.717) is 43.3 Å². The Morgan fingerprint density at radius 2 is 1.94 bits per heavy atom. The first-order valence-corrected chi connectivity index (χ1v) is 11.4. The SMILES string of the molecule is N#Cc1ncn2c(NCc3c(F)ccc4c3CCO4)ncc(-c3ccc(N4CCOCC4)nc3)c12. The van der Waals surface area contributed by atoms with Gasteiger partial charge in [0.1, 0.15) is 29.8 Å². The molecule has 10 heteroatoms. The molecular weight excluding hydrogens is 449 g/mol. The molecule has 5 heterocycles. The number of benzene rings is 1. The molecule has 0 unspecified atom stereocenters. The van der Waals surface area contributed by atoms with Crippen LogP contribution in [0.1, 0.15) is 16.8 Å². The second-order valence-corrected chi connectivity index (χ2v) is 8.38. The van der Waals surface area contributed by atoms with Crippen LogP contribution in [0, 0.1) is 17.1 Å². The number of nitriles is 1. The molecule has 0 atom stereocenters. The minimum Gasteiger partial charge on any atom is -0.493 e. The number of nitrogens with one attached hydrogen (secondary N) is 1. The van der Waals surface area contributed by atoms with E-state index in [2.05, 4.69) is 31.2 Å². The molecule has 1 fully saturated rings. The predicted octanol–water partition coefficient (Wildman–Crippen LogP) is 3.19. The minimum absolute atomic E-state index is 0.232. The number of morpholine rings is 1. The molecule has 2 aliphatic rings. The van der Waals surface area contributed by atoms with Gasteiger partial charge in [-0.25, -0.2) is 19.3 Å². The molecule has 9 nitrogen and oxygen atoms in total. The van der Waals surface area contributed by atoms with Crippen molar-refractivity contribution in [3.05, 3.63) is 65.6 Å². The van der Waals surface area contributed by atoms with Crippen LogP contribution in [0.25, 0.3) is 16.6 Å². The van der Waals surface area contributed by atoms with E-state index in [-0.39, 0.29) is 18.1 Å². The molecule has 1 aromatic carbocycles. The van der Waals surface area contributed by atoms with E-state index < -0.39 is 0 Å². The number of halogens is 1. The van der Waals surface area contributed by atoms with Crippen molar-refractivity contribution in [3.63, 3.8) is 0 Å². The topological polar surface area (TPSA) is 101 Å². The molecule has 4 aromatic rings. The Morgan fingerprint density at radius 1 is 1.06 bits per heavy atom. The summed E-state index contributed by atoms with van der Waals surface area (Å²) in [6, 6.07) is 9.19. The van der Waals surface area contributed by atoms with Crippen molar-refractivity contribution in [2.24, 2.45) is 0 Å². The van der Waals surface area contributed by atoms with E-state index in [1.54, 1.807) is 29.2 Å². The normalized spacial score (nSPS) is 15.0. The highest BCUT2D eigenvalue weighted by Crippen LogP contribution is 2.32. The number of anilines is 2. The molecule has 6 rings (SSSR count). The van der Waals surface area contributed by atoms with Crippen molar-refractivity contribution >= 4 is 17.3 Å². The zero-order chi connectivity index (χ0) is 23.8. The molecule has 0 aliphatic carbocycles. The van der Waals surface area contributed by atoms with E-state index in [1.165, 1.54) is 6.07 Å². The largest absolute Gasteiger partial charge is 0.493 e. The van der Waals surface area contributed by atoms with Gasteiger partial charge in [-0.15, -0.1) is 0 Å². The van der Waals surface area contributed by atoms with Gasteiger partial charge in [0.15, 0.2) is 5.69 Å². The van der Waals surface area contributed by atoms with Crippen molar-refractivity contribution < 1.29 is 13.9 Å². The van der Waals surface area contributed by atoms with Gasteiger partial charge >= 0.3 is 0 Å². The van der Waals surface area contributed by atoms with E-state index in [0.717, 1.165) is 41.3 Å².